The molecule has 18 heavy (non-hydrogen) atoms. The molecule has 1 aliphatic heterocycles. The van der Waals surface area contributed by atoms with Crippen LogP contribution in [-0.4, -0.2) is 23.4 Å². The van der Waals surface area contributed by atoms with Crippen LogP contribution >= 0.6 is 0 Å². The Bertz CT molecular complexity index is 490. The summed E-state index contributed by atoms with van der Waals surface area (Å²) in [5.74, 6) is 5.22. The van der Waals surface area contributed by atoms with Crippen LogP contribution in [0, 0.1) is 10.1 Å². The number of nitro benzene ring substituents is 1. The molecule has 1 aromatic rings. The molecule has 5 N–H and O–H groups in total. The van der Waals surface area contributed by atoms with E-state index in [-0.39, 0.29) is 17.6 Å². The van der Waals surface area contributed by atoms with Crippen LogP contribution in [0.5, 0.6) is 0 Å². The monoisotopic (exact) mass is 251 g/mol. The summed E-state index contributed by atoms with van der Waals surface area (Å²) >= 11 is 0. The van der Waals surface area contributed by atoms with E-state index >= 15 is 0 Å². The Kier molecular flexibility index (Phi) is 3.28. The van der Waals surface area contributed by atoms with Crippen molar-refractivity contribution in [3.05, 3.63) is 28.3 Å². The van der Waals surface area contributed by atoms with Crippen molar-refractivity contribution in [3.63, 3.8) is 0 Å². The molecule has 1 aliphatic rings. The lowest BCUT2D eigenvalue weighted by Gasteiger charge is -2.13. The number of amides is 1. The van der Waals surface area contributed by atoms with Gasteiger partial charge in [0.2, 0.25) is 5.91 Å². The topological polar surface area (TPSA) is 122 Å². The van der Waals surface area contributed by atoms with Crippen LogP contribution in [0.25, 0.3) is 0 Å². The molecule has 1 atom stereocenters. The zero-order valence-electron chi connectivity index (χ0n) is 9.47. The second-order valence-electron chi connectivity index (χ2n) is 4.02. The average molecular weight is 251 g/mol. The summed E-state index contributed by atoms with van der Waals surface area (Å²) in [7, 11) is 0. The Morgan fingerprint density at radius 1 is 1.39 bits per heavy atom. The first-order chi connectivity index (χ1) is 8.58. The molecule has 1 saturated heterocycles. The standard InChI is InChI=1S/C10H13N5O3/c11-14-7-1-6(2-9(3-7)15(17)18)13-8-4-10(16)12-5-8/h1-3,8,13-14H,4-5,11H2,(H,12,16). The second-order valence-corrected chi connectivity index (χ2v) is 4.02. The van der Waals surface area contributed by atoms with E-state index in [1.807, 2.05) is 0 Å². The van der Waals surface area contributed by atoms with Crippen LogP contribution in [0.3, 0.4) is 0 Å². The minimum atomic E-state index is -0.496. The number of hydrogen-bond acceptors (Lipinski definition) is 6. The molecule has 96 valence electrons. The molecule has 0 aliphatic carbocycles. The van der Waals surface area contributed by atoms with Crippen LogP contribution in [0.15, 0.2) is 18.2 Å². The fraction of sp³-hybridized carbons (Fsp3) is 0.300. The van der Waals surface area contributed by atoms with E-state index in [1.165, 1.54) is 12.1 Å². The molecule has 1 heterocycles. The van der Waals surface area contributed by atoms with Gasteiger partial charge in [-0.05, 0) is 6.07 Å². The zero-order valence-corrected chi connectivity index (χ0v) is 9.47. The predicted molar refractivity (Wildman–Crippen MR) is 65.9 cm³/mol. The van der Waals surface area contributed by atoms with Crippen molar-refractivity contribution in [2.24, 2.45) is 5.84 Å². The van der Waals surface area contributed by atoms with Crippen LogP contribution in [0.4, 0.5) is 17.1 Å². The van der Waals surface area contributed by atoms with Gasteiger partial charge in [-0.25, -0.2) is 0 Å². The SMILES string of the molecule is NNc1cc(NC2CNC(=O)C2)cc([N+](=O)[O-])c1. The summed E-state index contributed by atoms with van der Waals surface area (Å²) in [6, 6.07) is 4.33. The molecule has 1 amide bonds. The predicted octanol–water partition coefficient (Wildman–Crippen LogP) is 0.181. The number of carbonyl (C=O) groups is 1. The maximum Gasteiger partial charge on any atom is 0.273 e. The molecule has 0 spiro atoms. The van der Waals surface area contributed by atoms with Crippen molar-refractivity contribution in [3.8, 4) is 0 Å². The number of nitrogens with zero attached hydrogens (tertiary/aromatic N) is 1. The van der Waals surface area contributed by atoms with Crippen molar-refractivity contribution in [2.75, 3.05) is 17.3 Å². The molecule has 0 bridgehead atoms. The van der Waals surface area contributed by atoms with Crippen LogP contribution < -0.4 is 21.9 Å². The number of hydrazine groups is 1. The summed E-state index contributed by atoms with van der Waals surface area (Å²) in [6.07, 6.45) is 0.355. The van der Waals surface area contributed by atoms with Crippen molar-refractivity contribution >= 4 is 23.0 Å². The molecule has 8 nitrogen and oxygen atoms in total. The highest BCUT2D eigenvalue weighted by Crippen LogP contribution is 2.24. The third-order valence-corrected chi connectivity index (χ3v) is 2.64. The van der Waals surface area contributed by atoms with E-state index in [1.54, 1.807) is 6.07 Å². The quantitative estimate of drug-likeness (QED) is 0.344. The normalized spacial score (nSPS) is 18.3. The first-order valence-corrected chi connectivity index (χ1v) is 5.38. The summed E-state index contributed by atoms with van der Waals surface area (Å²) in [5, 5.41) is 16.5. The number of nitro groups is 1. The van der Waals surface area contributed by atoms with E-state index < -0.39 is 4.92 Å². The van der Waals surface area contributed by atoms with Crippen molar-refractivity contribution in [1.82, 2.24) is 5.32 Å². The summed E-state index contributed by atoms with van der Waals surface area (Å²) in [6.45, 7) is 0.507. The molecule has 1 aromatic carbocycles. The third kappa shape index (κ3) is 2.66. The Morgan fingerprint density at radius 3 is 2.67 bits per heavy atom. The number of non-ortho nitro benzene ring substituents is 1. The van der Waals surface area contributed by atoms with Gasteiger partial charge in [-0.15, -0.1) is 0 Å². The van der Waals surface area contributed by atoms with E-state index in [2.05, 4.69) is 16.1 Å². The molecule has 2 rings (SSSR count). The Morgan fingerprint density at radius 2 is 2.11 bits per heavy atom. The van der Waals surface area contributed by atoms with Crippen molar-refractivity contribution in [1.29, 1.82) is 0 Å². The highest BCUT2D eigenvalue weighted by Gasteiger charge is 2.21. The van der Waals surface area contributed by atoms with Gasteiger partial charge < -0.3 is 16.1 Å². The lowest BCUT2D eigenvalue weighted by molar-refractivity contribution is -0.384. The number of carbonyl (C=O) groups excluding carboxylic acids is 1. The van der Waals surface area contributed by atoms with E-state index in [4.69, 9.17) is 5.84 Å². The highest BCUT2D eigenvalue weighted by atomic mass is 16.6. The van der Waals surface area contributed by atoms with Crippen molar-refractivity contribution in [2.45, 2.75) is 12.5 Å². The molecular weight excluding hydrogens is 238 g/mol. The smallest absolute Gasteiger partial charge is 0.273 e. The zero-order chi connectivity index (χ0) is 13.1. The lowest BCUT2D eigenvalue weighted by Crippen LogP contribution is -2.22. The highest BCUT2D eigenvalue weighted by molar-refractivity contribution is 5.80. The molecule has 0 saturated carbocycles. The summed E-state index contributed by atoms with van der Waals surface area (Å²) in [4.78, 5) is 21.3. The second kappa shape index (κ2) is 4.88. The molecule has 0 radical (unpaired) electrons. The van der Waals surface area contributed by atoms with Crippen LogP contribution in [0.2, 0.25) is 0 Å². The molecule has 1 unspecified atom stereocenters. The van der Waals surface area contributed by atoms with Gasteiger partial charge in [0.05, 0.1) is 16.7 Å². The van der Waals surface area contributed by atoms with E-state index in [0.29, 0.717) is 24.3 Å². The van der Waals surface area contributed by atoms with Gasteiger partial charge in [0, 0.05) is 30.8 Å². The van der Waals surface area contributed by atoms with Gasteiger partial charge in [-0.1, -0.05) is 0 Å². The summed E-state index contributed by atoms with van der Waals surface area (Å²) < 4.78 is 0. The fourth-order valence-electron chi connectivity index (χ4n) is 1.83. The fourth-order valence-corrected chi connectivity index (χ4v) is 1.83. The van der Waals surface area contributed by atoms with Gasteiger partial charge in [0.25, 0.3) is 5.69 Å². The number of nitrogens with one attached hydrogen (secondary N) is 3. The number of benzene rings is 1. The minimum absolute atomic E-state index is 0.0323. The first-order valence-electron chi connectivity index (χ1n) is 5.38. The maximum absolute atomic E-state index is 11.1. The lowest BCUT2D eigenvalue weighted by atomic mass is 10.2. The maximum atomic E-state index is 11.1. The van der Waals surface area contributed by atoms with E-state index in [9.17, 15) is 14.9 Å². The average Bonchev–Trinajstić information content (AvgIpc) is 2.74. The van der Waals surface area contributed by atoms with Gasteiger partial charge in [0.1, 0.15) is 0 Å². The Balaban J connectivity index is 2.18. The van der Waals surface area contributed by atoms with Gasteiger partial charge >= 0.3 is 0 Å². The first kappa shape index (κ1) is 12.1. The van der Waals surface area contributed by atoms with Crippen LogP contribution in [0.1, 0.15) is 6.42 Å². The number of nitrogens with two attached hydrogens (primary N) is 1. The number of hydrogen-bond donors (Lipinski definition) is 4. The summed E-state index contributed by atoms with van der Waals surface area (Å²) in [5.41, 5.74) is 3.29. The molecule has 8 heteroatoms. The Hall–Kier alpha value is -2.35. The van der Waals surface area contributed by atoms with Gasteiger partial charge in [0.15, 0.2) is 0 Å². The minimum Gasteiger partial charge on any atom is -0.380 e. The number of anilines is 2. The van der Waals surface area contributed by atoms with Gasteiger partial charge in [-0.2, -0.15) is 0 Å². The third-order valence-electron chi connectivity index (χ3n) is 2.64. The van der Waals surface area contributed by atoms with Crippen molar-refractivity contribution < 1.29 is 9.72 Å². The Labute approximate surface area is 103 Å². The molecule has 1 fully saturated rings. The molecular formula is C10H13N5O3. The van der Waals surface area contributed by atoms with Gasteiger partial charge in [-0.3, -0.25) is 20.8 Å². The number of nitrogen functional groups attached to an aromatic ring is 1. The number of rotatable bonds is 4. The molecule has 0 aromatic heterocycles. The largest absolute Gasteiger partial charge is 0.380 e. The van der Waals surface area contributed by atoms with Crippen LogP contribution in [-0.2, 0) is 4.79 Å². The van der Waals surface area contributed by atoms with E-state index in [0.717, 1.165) is 0 Å².